The summed E-state index contributed by atoms with van der Waals surface area (Å²) < 4.78 is 12.0. The molecule has 118 valence electrons. The average molecular weight is 302 g/mol. The molecular weight excluding hydrogens is 280 g/mol. The normalized spacial score (nSPS) is 31.1. The highest BCUT2D eigenvalue weighted by Gasteiger charge is 2.49. The van der Waals surface area contributed by atoms with Crippen LogP contribution < -0.4 is 0 Å². The third kappa shape index (κ3) is 2.75. The van der Waals surface area contributed by atoms with Crippen LogP contribution in [0.25, 0.3) is 0 Å². The smallest absolute Gasteiger partial charge is 0.226 e. The van der Waals surface area contributed by atoms with E-state index >= 15 is 0 Å². The molecule has 1 aromatic heterocycles. The number of hydrogen-bond donors (Lipinski definition) is 0. The highest BCUT2D eigenvalue weighted by atomic mass is 16.5. The quantitative estimate of drug-likeness (QED) is 0.850. The molecule has 5 heteroatoms. The van der Waals surface area contributed by atoms with E-state index in [-0.39, 0.29) is 24.2 Å². The fraction of sp³-hybridized carbons (Fsp3) is 0.647. The Morgan fingerprint density at radius 3 is 3.09 bits per heavy atom. The van der Waals surface area contributed by atoms with Crippen molar-refractivity contribution in [3.05, 3.63) is 30.1 Å². The number of likely N-dealkylation sites (tertiary alicyclic amines) is 1. The molecule has 0 unspecified atom stereocenters. The van der Waals surface area contributed by atoms with E-state index in [0.29, 0.717) is 19.1 Å². The first-order chi connectivity index (χ1) is 10.8. The van der Waals surface area contributed by atoms with Gasteiger partial charge >= 0.3 is 0 Å². The maximum absolute atomic E-state index is 12.5. The fourth-order valence-electron chi connectivity index (χ4n) is 3.56. The molecule has 22 heavy (non-hydrogen) atoms. The molecule has 3 heterocycles. The highest BCUT2D eigenvalue weighted by molar-refractivity contribution is 5.81. The summed E-state index contributed by atoms with van der Waals surface area (Å²) in [5.74, 6) is 0.577. The molecule has 4 rings (SSSR count). The molecule has 5 nitrogen and oxygen atoms in total. The van der Waals surface area contributed by atoms with Crippen LogP contribution in [-0.4, -0.2) is 47.2 Å². The van der Waals surface area contributed by atoms with Crippen molar-refractivity contribution in [2.45, 2.75) is 50.5 Å². The zero-order chi connectivity index (χ0) is 14.9. The van der Waals surface area contributed by atoms with Crippen molar-refractivity contribution in [1.82, 2.24) is 9.88 Å². The SMILES string of the molecule is O=C(C1CC1)N1C[C@@H](OCc2cccnc2)[C@H]2OCCC[C@@H]21. The lowest BCUT2D eigenvalue weighted by Crippen LogP contribution is -2.44. The van der Waals surface area contributed by atoms with Crippen molar-refractivity contribution >= 4 is 5.91 Å². The molecule has 0 spiro atoms. The third-order valence-corrected chi connectivity index (χ3v) is 4.87. The van der Waals surface area contributed by atoms with Crippen LogP contribution in [0.5, 0.6) is 0 Å². The van der Waals surface area contributed by atoms with Gasteiger partial charge in [0.1, 0.15) is 12.2 Å². The minimum atomic E-state index is -0.0202. The standard InChI is InChI=1S/C17H22N2O3/c20-17(13-5-6-13)19-10-15(16-14(19)4-2-8-21-16)22-11-12-3-1-7-18-9-12/h1,3,7,9,13-16H,2,4-6,8,10-11H2/t14-,15+,16-/m0/s1. The second kappa shape index (κ2) is 5.97. The molecule has 0 radical (unpaired) electrons. The number of carbonyl (C=O) groups excluding carboxylic acids is 1. The topological polar surface area (TPSA) is 51.7 Å². The van der Waals surface area contributed by atoms with Crippen molar-refractivity contribution in [1.29, 1.82) is 0 Å². The van der Waals surface area contributed by atoms with E-state index in [1.165, 1.54) is 0 Å². The van der Waals surface area contributed by atoms with Gasteiger partial charge in [0, 0.05) is 31.5 Å². The predicted octanol–water partition coefficient (Wildman–Crippen LogP) is 1.77. The van der Waals surface area contributed by atoms with E-state index < -0.39 is 0 Å². The van der Waals surface area contributed by atoms with Gasteiger partial charge in [0.2, 0.25) is 5.91 Å². The van der Waals surface area contributed by atoms with Crippen LogP contribution in [0.2, 0.25) is 0 Å². The van der Waals surface area contributed by atoms with Crippen molar-refractivity contribution in [3.8, 4) is 0 Å². The minimum Gasteiger partial charge on any atom is -0.373 e. The van der Waals surface area contributed by atoms with Crippen LogP contribution in [-0.2, 0) is 20.9 Å². The largest absolute Gasteiger partial charge is 0.373 e. The number of ether oxygens (including phenoxy) is 2. The van der Waals surface area contributed by atoms with E-state index in [2.05, 4.69) is 4.98 Å². The molecular formula is C17H22N2O3. The van der Waals surface area contributed by atoms with Gasteiger partial charge in [-0.25, -0.2) is 0 Å². The lowest BCUT2D eigenvalue weighted by atomic mass is 10.0. The Morgan fingerprint density at radius 1 is 1.41 bits per heavy atom. The van der Waals surface area contributed by atoms with Gasteiger partial charge in [0.15, 0.2) is 0 Å². The molecule has 2 saturated heterocycles. The van der Waals surface area contributed by atoms with E-state index in [1.54, 1.807) is 6.20 Å². The van der Waals surface area contributed by atoms with E-state index in [0.717, 1.165) is 37.9 Å². The van der Waals surface area contributed by atoms with E-state index in [9.17, 15) is 4.79 Å². The molecule has 2 aliphatic heterocycles. The maximum Gasteiger partial charge on any atom is 0.226 e. The van der Waals surface area contributed by atoms with Crippen LogP contribution in [0.4, 0.5) is 0 Å². The van der Waals surface area contributed by atoms with Crippen LogP contribution >= 0.6 is 0 Å². The predicted molar refractivity (Wildman–Crippen MR) is 80.0 cm³/mol. The highest BCUT2D eigenvalue weighted by Crippen LogP contribution is 2.37. The second-order valence-corrected chi connectivity index (χ2v) is 6.52. The van der Waals surface area contributed by atoms with Gasteiger partial charge in [0.05, 0.1) is 12.6 Å². The Balaban J connectivity index is 1.44. The fourth-order valence-corrected chi connectivity index (χ4v) is 3.56. The molecule has 3 aliphatic rings. The number of carbonyl (C=O) groups is 1. The van der Waals surface area contributed by atoms with Gasteiger partial charge in [-0.15, -0.1) is 0 Å². The van der Waals surface area contributed by atoms with Gasteiger partial charge in [-0.1, -0.05) is 6.07 Å². The lowest BCUT2D eigenvalue weighted by molar-refractivity contribution is -0.136. The first-order valence-electron chi connectivity index (χ1n) is 8.25. The first-order valence-corrected chi connectivity index (χ1v) is 8.25. The molecule has 1 aliphatic carbocycles. The van der Waals surface area contributed by atoms with Crippen molar-refractivity contribution in [3.63, 3.8) is 0 Å². The maximum atomic E-state index is 12.5. The third-order valence-electron chi connectivity index (χ3n) is 4.87. The van der Waals surface area contributed by atoms with Gasteiger partial charge in [0.25, 0.3) is 0 Å². The lowest BCUT2D eigenvalue weighted by Gasteiger charge is -2.32. The summed E-state index contributed by atoms with van der Waals surface area (Å²) >= 11 is 0. The van der Waals surface area contributed by atoms with Gasteiger partial charge < -0.3 is 14.4 Å². The summed E-state index contributed by atoms with van der Waals surface area (Å²) in [5.41, 5.74) is 1.06. The van der Waals surface area contributed by atoms with Crippen LogP contribution in [0, 0.1) is 5.92 Å². The number of fused-ring (bicyclic) bond motifs is 1. The molecule has 3 atom stereocenters. The van der Waals surface area contributed by atoms with Crippen LogP contribution in [0.1, 0.15) is 31.2 Å². The molecule has 1 saturated carbocycles. The van der Waals surface area contributed by atoms with Gasteiger partial charge in [-0.05, 0) is 37.3 Å². The van der Waals surface area contributed by atoms with Crippen LogP contribution in [0.15, 0.2) is 24.5 Å². The number of hydrogen-bond acceptors (Lipinski definition) is 4. The Kier molecular flexibility index (Phi) is 3.84. The summed E-state index contributed by atoms with van der Waals surface area (Å²) in [5, 5.41) is 0. The monoisotopic (exact) mass is 302 g/mol. The molecule has 0 aromatic carbocycles. The molecule has 0 bridgehead atoms. The number of nitrogens with zero attached hydrogens (tertiary/aromatic N) is 2. The molecule has 3 fully saturated rings. The summed E-state index contributed by atoms with van der Waals surface area (Å²) in [6.07, 6.45) is 7.77. The van der Waals surface area contributed by atoms with Crippen molar-refractivity contribution in [2.75, 3.05) is 13.2 Å². The average Bonchev–Trinajstić information content (AvgIpc) is 3.35. The zero-order valence-corrected chi connectivity index (χ0v) is 12.7. The Hall–Kier alpha value is -1.46. The van der Waals surface area contributed by atoms with E-state index in [1.807, 2.05) is 23.2 Å². The summed E-state index contributed by atoms with van der Waals surface area (Å²) in [7, 11) is 0. The Labute approximate surface area is 130 Å². The summed E-state index contributed by atoms with van der Waals surface area (Å²) in [6, 6.07) is 4.13. The zero-order valence-electron chi connectivity index (χ0n) is 12.7. The summed E-state index contributed by atoms with van der Waals surface area (Å²) in [6.45, 7) is 1.97. The number of rotatable bonds is 4. The molecule has 1 aromatic rings. The van der Waals surface area contributed by atoms with Crippen molar-refractivity contribution < 1.29 is 14.3 Å². The Bertz CT molecular complexity index is 532. The minimum absolute atomic E-state index is 0.0202. The van der Waals surface area contributed by atoms with Gasteiger partial charge in [-0.3, -0.25) is 9.78 Å². The van der Waals surface area contributed by atoms with Crippen molar-refractivity contribution in [2.24, 2.45) is 5.92 Å². The number of aromatic nitrogens is 1. The Morgan fingerprint density at radius 2 is 2.32 bits per heavy atom. The molecule has 1 amide bonds. The second-order valence-electron chi connectivity index (χ2n) is 6.52. The number of amides is 1. The van der Waals surface area contributed by atoms with Crippen LogP contribution in [0.3, 0.4) is 0 Å². The summed E-state index contributed by atoms with van der Waals surface area (Å²) in [4.78, 5) is 18.6. The molecule has 0 N–H and O–H groups in total. The number of pyridine rings is 1. The van der Waals surface area contributed by atoms with E-state index in [4.69, 9.17) is 9.47 Å². The van der Waals surface area contributed by atoms with Gasteiger partial charge in [-0.2, -0.15) is 0 Å². The first kappa shape index (κ1) is 14.2.